The number of hydrogen-bond acceptors (Lipinski definition) is 7. The number of pyridine rings is 1. The Hall–Kier alpha value is -2.29. The highest BCUT2D eigenvalue weighted by Crippen LogP contribution is 2.32. The fourth-order valence-corrected chi connectivity index (χ4v) is 2.83. The van der Waals surface area contributed by atoms with Gasteiger partial charge in [-0.15, -0.1) is 5.10 Å². The van der Waals surface area contributed by atoms with Crippen LogP contribution in [0.3, 0.4) is 0 Å². The van der Waals surface area contributed by atoms with Crippen molar-refractivity contribution in [2.24, 2.45) is 0 Å². The van der Waals surface area contributed by atoms with E-state index in [1.807, 2.05) is 0 Å². The van der Waals surface area contributed by atoms with Crippen molar-refractivity contribution in [3.63, 3.8) is 0 Å². The van der Waals surface area contributed by atoms with Crippen molar-refractivity contribution in [3.8, 4) is 0 Å². The molecule has 0 N–H and O–H groups in total. The van der Waals surface area contributed by atoms with Crippen LogP contribution in [-0.4, -0.2) is 47.2 Å². The van der Waals surface area contributed by atoms with Crippen molar-refractivity contribution < 1.29 is 17.6 Å². The molecule has 3 heterocycles. The van der Waals surface area contributed by atoms with Crippen LogP contribution in [0.5, 0.6) is 0 Å². The maximum absolute atomic E-state index is 12.5. The van der Waals surface area contributed by atoms with Gasteiger partial charge in [0, 0.05) is 19.0 Å². The summed E-state index contributed by atoms with van der Waals surface area (Å²) in [4.78, 5) is 18.1. The molecule has 3 rings (SSSR count). The first kappa shape index (κ1) is 14.6. The Morgan fingerprint density at radius 1 is 1.36 bits per heavy atom. The number of nitrogens with zero attached hydrogens (tertiary/aromatic N) is 4. The molecule has 1 aliphatic heterocycles. The third-order valence-electron chi connectivity index (χ3n) is 3.42. The largest absolute Gasteiger partial charge is 0.410 e. The second-order valence-corrected chi connectivity index (χ2v) is 6.94. The first-order chi connectivity index (χ1) is 10.5. The molecule has 1 saturated heterocycles. The number of hydrogen-bond donors (Lipinski definition) is 0. The first-order valence-corrected chi connectivity index (χ1v) is 8.61. The molecule has 0 aromatic carbocycles. The second-order valence-electron chi connectivity index (χ2n) is 5.05. The zero-order chi connectivity index (χ0) is 15.7. The van der Waals surface area contributed by atoms with Gasteiger partial charge in [0.05, 0.1) is 0 Å². The molecular weight excluding hydrogens is 308 g/mol. The fourth-order valence-electron chi connectivity index (χ4n) is 2.41. The maximum atomic E-state index is 12.5. The molecule has 0 bridgehead atoms. The van der Waals surface area contributed by atoms with Crippen LogP contribution in [0.1, 0.15) is 35.3 Å². The standard InChI is InChI=1S/C13H14N4O4S/c1-22(19,20)13-16-15-11(21-13)10-6-4-8-17(10)12(18)9-5-2-3-7-14-9/h2-3,5,7,10H,4,6,8H2,1H3/t10-/m0/s1. The lowest BCUT2D eigenvalue weighted by molar-refractivity contribution is 0.0706. The summed E-state index contributed by atoms with van der Waals surface area (Å²) in [5, 5.41) is 6.89. The number of aromatic nitrogens is 3. The molecule has 1 fully saturated rings. The third-order valence-corrected chi connectivity index (χ3v) is 4.22. The van der Waals surface area contributed by atoms with Gasteiger partial charge in [-0.2, -0.15) is 0 Å². The van der Waals surface area contributed by atoms with Gasteiger partial charge in [-0.05, 0) is 25.0 Å². The normalized spacial score (nSPS) is 18.6. The van der Waals surface area contributed by atoms with Crippen LogP contribution in [0.2, 0.25) is 0 Å². The van der Waals surface area contributed by atoms with E-state index in [1.165, 1.54) is 0 Å². The number of carbonyl (C=O) groups excluding carboxylic acids is 1. The minimum absolute atomic E-state index is 0.141. The quantitative estimate of drug-likeness (QED) is 0.824. The highest BCUT2D eigenvalue weighted by molar-refractivity contribution is 7.90. The van der Waals surface area contributed by atoms with Gasteiger partial charge in [0.25, 0.3) is 5.91 Å². The van der Waals surface area contributed by atoms with Gasteiger partial charge < -0.3 is 9.32 Å². The summed E-state index contributed by atoms with van der Waals surface area (Å²) in [6.45, 7) is 0.538. The lowest BCUT2D eigenvalue weighted by Crippen LogP contribution is -2.31. The molecule has 0 saturated carbocycles. The minimum atomic E-state index is -3.56. The second kappa shape index (κ2) is 5.48. The Labute approximate surface area is 127 Å². The molecular formula is C13H14N4O4S. The molecule has 9 heteroatoms. The smallest absolute Gasteiger partial charge is 0.335 e. The minimum Gasteiger partial charge on any atom is -0.410 e. The van der Waals surface area contributed by atoms with Crippen LogP contribution in [-0.2, 0) is 9.84 Å². The van der Waals surface area contributed by atoms with E-state index < -0.39 is 21.1 Å². The zero-order valence-corrected chi connectivity index (χ0v) is 12.7. The van der Waals surface area contributed by atoms with E-state index in [0.29, 0.717) is 18.7 Å². The van der Waals surface area contributed by atoms with E-state index in [9.17, 15) is 13.2 Å². The van der Waals surface area contributed by atoms with Crippen LogP contribution < -0.4 is 0 Å². The van der Waals surface area contributed by atoms with Crippen LogP contribution in [0.25, 0.3) is 0 Å². The highest BCUT2D eigenvalue weighted by Gasteiger charge is 2.35. The van der Waals surface area contributed by atoms with Crippen molar-refractivity contribution in [1.82, 2.24) is 20.1 Å². The van der Waals surface area contributed by atoms with Crippen molar-refractivity contribution in [3.05, 3.63) is 36.0 Å². The Morgan fingerprint density at radius 3 is 2.82 bits per heavy atom. The average molecular weight is 322 g/mol. The monoisotopic (exact) mass is 322 g/mol. The number of rotatable bonds is 3. The molecule has 1 aliphatic rings. The van der Waals surface area contributed by atoms with E-state index >= 15 is 0 Å². The molecule has 22 heavy (non-hydrogen) atoms. The molecule has 116 valence electrons. The number of likely N-dealkylation sites (tertiary alicyclic amines) is 1. The van der Waals surface area contributed by atoms with E-state index in [1.54, 1.807) is 29.3 Å². The van der Waals surface area contributed by atoms with Gasteiger partial charge in [0.1, 0.15) is 11.7 Å². The van der Waals surface area contributed by atoms with Gasteiger partial charge in [0.2, 0.25) is 15.7 Å². The zero-order valence-electron chi connectivity index (χ0n) is 11.8. The van der Waals surface area contributed by atoms with Crippen LogP contribution in [0.15, 0.2) is 34.0 Å². The van der Waals surface area contributed by atoms with Crippen LogP contribution >= 0.6 is 0 Å². The molecule has 2 aromatic heterocycles. The van der Waals surface area contributed by atoms with Gasteiger partial charge in [-0.3, -0.25) is 9.78 Å². The van der Waals surface area contributed by atoms with E-state index in [4.69, 9.17) is 4.42 Å². The highest BCUT2D eigenvalue weighted by atomic mass is 32.2. The van der Waals surface area contributed by atoms with Gasteiger partial charge in [0.15, 0.2) is 0 Å². The Morgan fingerprint density at radius 2 is 2.18 bits per heavy atom. The molecule has 0 spiro atoms. The summed E-state index contributed by atoms with van der Waals surface area (Å²) in [6, 6.07) is 4.68. The summed E-state index contributed by atoms with van der Waals surface area (Å²) in [5.41, 5.74) is 0.331. The summed E-state index contributed by atoms with van der Waals surface area (Å²) >= 11 is 0. The SMILES string of the molecule is CS(=O)(=O)c1nnc([C@@H]2CCCN2C(=O)c2ccccn2)o1. The lowest BCUT2D eigenvalue weighted by atomic mass is 10.2. The third kappa shape index (κ3) is 2.71. The summed E-state index contributed by atoms with van der Waals surface area (Å²) in [6.07, 6.45) is 3.96. The Balaban J connectivity index is 1.88. The van der Waals surface area contributed by atoms with Crippen LogP contribution in [0.4, 0.5) is 0 Å². The number of carbonyl (C=O) groups is 1. The van der Waals surface area contributed by atoms with E-state index in [0.717, 1.165) is 12.7 Å². The van der Waals surface area contributed by atoms with E-state index in [-0.39, 0.29) is 11.8 Å². The van der Waals surface area contributed by atoms with Crippen molar-refractivity contribution >= 4 is 15.7 Å². The number of amides is 1. The first-order valence-electron chi connectivity index (χ1n) is 6.72. The predicted octanol–water partition coefficient (Wildman–Crippen LogP) is 0.845. The molecule has 1 atom stereocenters. The molecule has 8 nitrogen and oxygen atoms in total. The molecule has 0 radical (unpaired) electrons. The van der Waals surface area contributed by atoms with Crippen molar-refractivity contribution in [2.45, 2.75) is 24.1 Å². The topological polar surface area (TPSA) is 106 Å². The molecule has 0 aliphatic carbocycles. The summed E-state index contributed by atoms with van der Waals surface area (Å²) in [7, 11) is -3.56. The fraction of sp³-hybridized carbons (Fsp3) is 0.385. The van der Waals surface area contributed by atoms with Crippen molar-refractivity contribution in [2.75, 3.05) is 12.8 Å². The predicted molar refractivity (Wildman–Crippen MR) is 74.7 cm³/mol. The average Bonchev–Trinajstić information content (AvgIpc) is 3.15. The van der Waals surface area contributed by atoms with Gasteiger partial charge in [-0.25, -0.2) is 8.42 Å². The number of sulfone groups is 1. The molecule has 2 aromatic rings. The summed E-state index contributed by atoms with van der Waals surface area (Å²) in [5.74, 6) is -0.0931. The Kier molecular flexibility index (Phi) is 3.65. The lowest BCUT2D eigenvalue weighted by Gasteiger charge is -2.21. The van der Waals surface area contributed by atoms with Crippen molar-refractivity contribution in [1.29, 1.82) is 0 Å². The van der Waals surface area contributed by atoms with Gasteiger partial charge >= 0.3 is 5.22 Å². The maximum Gasteiger partial charge on any atom is 0.335 e. The molecule has 0 unspecified atom stereocenters. The van der Waals surface area contributed by atoms with Crippen LogP contribution in [0, 0.1) is 0 Å². The van der Waals surface area contributed by atoms with Gasteiger partial charge in [-0.1, -0.05) is 11.2 Å². The summed E-state index contributed by atoms with van der Waals surface area (Å²) < 4.78 is 28.0. The van der Waals surface area contributed by atoms with E-state index in [2.05, 4.69) is 15.2 Å². The Bertz CT molecular complexity index is 787. The molecule has 1 amide bonds.